The monoisotopic (exact) mass is 408 g/mol. The first-order chi connectivity index (χ1) is 14.5. The van der Waals surface area contributed by atoms with Gasteiger partial charge in [-0.25, -0.2) is 4.79 Å². The van der Waals surface area contributed by atoms with Gasteiger partial charge in [-0.15, -0.1) is 6.58 Å². The number of benzene rings is 1. The number of allylic oxidation sites excluding steroid dienone is 1. The van der Waals surface area contributed by atoms with E-state index in [1.165, 1.54) is 0 Å². The average molecular weight is 408 g/mol. The Kier molecular flexibility index (Phi) is 5.39. The Hall–Kier alpha value is -3.42. The molecule has 1 aromatic heterocycles. The molecule has 1 unspecified atom stereocenters. The number of hydrogen-bond acceptors (Lipinski definition) is 5. The van der Waals surface area contributed by atoms with Crippen LogP contribution in [0.25, 0.3) is 0 Å². The third-order valence-corrected chi connectivity index (χ3v) is 5.52. The second-order valence-electron chi connectivity index (χ2n) is 7.35. The normalized spacial score (nSPS) is 17.2. The maximum absolute atomic E-state index is 13.0. The summed E-state index contributed by atoms with van der Waals surface area (Å²) < 4.78 is 6.90. The van der Waals surface area contributed by atoms with E-state index in [2.05, 4.69) is 17.0 Å². The van der Waals surface area contributed by atoms with Gasteiger partial charge < -0.3 is 15.0 Å². The minimum Gasteiger partial charge on any atom is -0.461 e. The highest BCUT2D eigenvalue weighted by molar-refractivity contribution is 5.99. The second kappa shape index (κ2) is 8.14. The second-order valence-corrected chi connectivity index (χ2v) is 7.35. The molecule has 0 aliphatic carbocycles. The van der Waals surface area contributed by atoms with Crippen molar-refractivity contribution in [2.45, 2.75) is 38.9 Å². The van der Waals surface area contributed by atoms with Crippen molar-refractivity contribution in [1.29, 1.82) is 0 Å². The summed E-state index contributed by atoms with van der Waals surface area (Å²) in [6, 6.07) is 6.98. The van der Waals surface area contributed by atoms with E-state index < -0.39 is 5.97 Å². The van der Waals surface area contributed by atoms with E-state index in [1.54, 1.807) is 28.6 Å². The fraction of sp³-hybridized carbons (Fsp3) is 0.364. The molecular weight excluding hydrogens is 384 g/mol. The van der Waals surface area contributed by atoms with Crippen molar-refractivity contribution >= 4 is 17.8 Å². The fourth-order valence-electron chi connectivity index (χ4n) is 4.13. The quantitative estimate of drug-likeness (QED) is 0.583. The third-order valence-electron chi connectivity index (χ3n) is 5.52. The van der Waals surface area contributed by atoms with Gasteiger partial charge in [0.1, 0.15) is 0 Å². The fourth-order valence-corrected chi connectivity index (χ4v) is 4.13. The number of amides is 2. The van der Waals surface area contributed by atoms with E-state index in [0.29, 0.717) is 31.6 Å². The maximum atomic E-state index is 13.0. The van der Waals surface area contributed by atoms with Gasteiger partial charge in [0.2, 0.25) is 5.91 Å². The van der Waals surface area contributed by atoms with Gasteiger partial charge in [0.25, 0.3) is 5.91 Å². The molecule has 0 radical (unpaired) electrons. The molecule has 2 aliphatic heterocycles. The predicted octanol–water partition coefficient (Wildman–Crippen LogP) is 2.01. The van der Waals surface area contributed by atoms with Crippen molar-refractivity contribution < 1.29 is 19.1 Å². The number of aromatic nitrogens is 2. The van der Waals surface area contributed by atoms with Crippen LogP contribution in [0.5, 0.6) is 0 Å². The van der Waals surface area contributed by atoms with E-state index in [1.807, 2.05) is 18.2 Å². The molecule has 0 saturated heterocycles. The van der Waals surface area contributed by atoms with E-state index in [0.717, 1.165) is 16.8 Å². The summed E-state index contributed by atoms with van der Waals surface area (Å²) in [5, 5.41) is 7.30. The van der Waals surface area contributed by atoms with Gasteiger partial charge in [-0.1, -0.05) is 24.3 Å². The molecule has 2 amide bonds. The van der Waals surface area contributed by atoms with E-state index in [9.17, 15) is 14.4 Å². The Morgan fingerprint density at radius 2 is 2.17 bits per heavy atom. The molecule has 0 spiro atoms. The van der Waals surface area contributed by atoms with Crippen molar-refractivity contribution in [2.75, 3.05) is 13.2 Å². The number of nitrogens with one attached hydrogen (secondary N) is 1. The van der Waals surface area contributed by atoms with Crippen LogP contribution in [0.15, 0.2) is 36.9 Å². The lowest BCUT2D eigenvalue weighted by Crippen LogP contribution is -2.38. The molecule has 30 heavy (non-hydrogen) atoms. The lowest BCUT2D eigenvalue weighted by molar-refractivity contribution is -0.132. The smallest absolute Gasteiger partial charge is 0.359 e. The lowest BCUT2D eigenvalue weighted by atomic mass is 10.0. The SMILES string of the molecule is C=CCn1nc(C(=O)OCC)c2c1CCN(C(=O)CC1NC(=O)c3ccccc31)C2. The summed E-state index contributed by atoms with van der Waals surface area (Å²) >= 11 is 0. The van der Waals surface area contributed by atoms with E-state index in [4.69, 9.17) is 4.74 Å². The number of ether oxygens (including phenoxy) is 1. The summed E-state index contributed by atoms with van der Waals surface area (Å²) in [5.41, 5.74) is 3.38. The zero-order valence-corrected chi connectivity index (χ0v) is 16.9. The summed E-state index contributed by atoms with van der Waals surface area (Å²) in [4.78, 5) is 39.3. The van der Waals surface area contributed by atoms with Crippen LogP contribution in [0.1, 0.15) is 57.1 Å². The first-order valence-corrected chi connectivity index (χ1v) is 10.1. The van der Waals surface area contributed by atoms with E-state index in [-0.39, 0.29) is 36.6 Å². The molecule has 8 nitrogen and oxygen atoms in total. The Bertz CT molecular complexity index is 1030. The maximum Gasteiger partial charge on any atom is 0.359 e. The number of carbonyl (C=O) groups is 3. The Morgan fingerprint density at radius 3 is 2.93 bits per heavy atom. The molecule has 0 saturated carbocycles. The Labute approximate surface area is 174 Å². The Balaban J connectivity index is 1.54. The zero-order chi connectivity index (χ0) is 21.3. The molecule has 1 aromatic carbocycles. The molecule has 8 heteroatoms. The van der Waals surface area contributed by atoms with Crippen molar-refractivity contribution in [3.63, 3.8) is 0 Å². The number of nitrogens with zero attached hydrogens (tertiary/aromatic N) is 3. The molecular formula is C22H24N4O4. The van der Waals surface area contributed by atoms with Gasteiger partial charge in [0, 0.05) is 36.3 Å². The summed E-state index contributed by atoms with van der Waals surface area (Å²) in [6.07, 6.45) is 2.49. The van der Waals surface area contributed by atoms with E-state index >= 15 is 0 Å². The molecule has 2 aliphatic rings. The summed E-state index contributed by atoms with van der Waals surface area (Å²) in [6.45, 7) is 7.05. The topological polar surface area (TPSA) is 93.5 Å². The molecule has 4 rings (SSSR count). The minimum absolute atomic E-state index is 0.0751. The van der Waals surface area contributed by atoms with Gasteiger partial charge in [0.15, 0.2) is 5.69 Å². The molecule has 0 bridgehead atoms. The van der Waals surface area contributed by atoms with Crippen LogP contribution in [0.2, 0.25) is 0 Å². The zero-order valence-electron chi connectivity index (χ0n) is 16.9. The van der Waals surface area contributed by atoms with Gasteiger partial charge in [0.05, 0.1) is 25.6 Å². The predicted molar refractivity (Wildman–Crippen MR) is 109 cm³/mol. The number of carbonyl (C=O) groups excluding carboxylic acids is 3. The highest BCUT2D eigenvalue weighted by Crippen LogP contribution is 2.30. The van der Waals surface area contributed by atoms with Crippen molar-refractivity contribution in [2.24, 2.45) is 0 Å². The summed E-state index contributed by atoms with van der Waals surface area (Å²) in [7, 11) is 0. The van der Waals surface area contributed by atoms with Crippen molar-refractivity contribution in [3.05, 3.63) is 65.0 Å². The summed E-state index contributed by atoms with van der Waals surface area (Å²) in [5.74, 6) is -0.712. The number of hydrogen-bond donors (Lipinski definition) is 1. The van der Waals surface area contributed by atoms with Crippen molar-refractivity contribution in [3.8, 4) is 0 Å². The van der Waals surface area contributed by atoms with Gasteiger partial charge in [-0.2, -0.15) is 5.10 Å². The van der Waals surface area contributed by atoms with Crippen LogP contribution in [0.4, 0.5) is 0 Å². The largest absolute Gasteiger partial charge is 0.461 e. The van der Waals surface area contributed by atoms with Crippen LogP contribution >= 0.6 is 0 Å². The van der Waals surface area contributed by atoms with Gasteiger partial charge in [-0.05, 0) is 18.6 Å². The molecule has 2 aromatic rings. The van der Waals surface area contributed by atoms with Crippen LogP contribution in [-0.2, 0) is 29.0 Å². The number of rotatable bonds is 6. The highest BCUT2D eigenvalue weighted by atomic mass is 16.5. The number of esters is 1. The van der Waals surface area contributed by atoms with Gasteiger partial charge in [-0.3, -0.25) is 14.3 Å². The average Bonchev–Trinajstić information content (AvgIpc) is 3.26. The standard InChI is InChI=1S/C22H24N4O4/c1-3-10-26-18-9-11-25(13-16(18)20(24-26)22(29)30-4-2)19(27)12-17-14-7-5-6-8-15(14)21(28)23-17/h3,5-8,17H,1,4,9-13H2,2H3,(H,23,28). The van der Waals surface area contributed by atoms with Crippen molar-refractivity contribution in [1.82, 2.24) is 20.0 Å². The third kappa shape index (κ3) is 3.49. The molecule has 3 heterocycles. The molecule has 1 atom stereocenters. The first kappa shape index (κ1) is 19.9. The van der Waals surface area contributed by atoms with Crippen LogP contribution in [0, 0.1) is 0 Å². The Morgan fingerprint density at radius 1 is 1.37 bits per heavy atom. The lowest BCUT2D eigenvalue weighted by Gasteiger charge is -2.29. The minimum atomic E-state index is -0.483. The van der Waals surface area contributed by atoms with Crippen LogP contribution in [0.3, 0.4) is 0 Å². The van der Waals surface area contributed by atoms with Crippen LogP contribution in [-0.4, -0.2) is 45.6 Å². The molecule has 1 N–H and O–H groups in total. The molecule has 0 fully saturated rings. The highest BCUT2D eigenvalue weighted by Gasteiger charge is 2.34. The number of fused-ring (bicyclic) bond motifs is 2. The van der Waals surface area contributed by atoms with Crippen LogP contribution < -0.4 is 5.32 Å². The first-order valence-electron chi connectivity index (χ1n) is 10.1. The molecule has 156 valence electrons. The van der Waals surface area contributed by atoms with Gasteiger partial charge >= 0.3 is 5.97 Å².